The van der Waals surface area contributed by atoms with Gasteiger partial charge in [-0.25, -0.2) is 0 Å². The smallest absolute Gasteiger partial charge is 0.196 e. The number of ketones is 1. The Balaban J connectivity index is 1.39. The summed E-state index contributed by atoms with van der Waals surface area (Å²) in [6, 6.07) is 22.3. The maximum absolute atomic E-state index is 13.6. The highest BCUT2D eigenvalue weighted by atomic mass is 32.1. The van der Waals surface area contributed by atoms with Gasteiger partial charge in [-0.2, -0.15) is 0 Å². The zero-order chi connectivity index (χ0) is 23.5. The molecule has 1 aromatic heterocycles. The standard InChI is InChI=1S/C29H30N2O2S/c1-20-16-22(10-11-23(20)18-31-14-6-7-15-31)28(32)27-25-13-12-24(17-26(25)34-29(27)30-2)33-19-21-8-4-3-5-9-21/h3-5,8-13,16-17,30H,6-7,14-15,18-19H2,1-2H3. The molecule has 0 bridgehead atoms. The predicted octanol–water partition coefficient (Wildman–Crippen LogP) is 6.66. The summed E-state index contributed by atoms with van der Waals surface area (Å²) >= 11 is 1.59. The molecule has 2 heterocycles. The molecule has 0 aliphatic carbocycles. The summed E-state index contributed by atoms with van der Waals surface area (Å²) in [5, 5.41) is 5.09. The largest absolute Gasteiger partial charge is 0.489 e. The van der Waals surface area contributed by atoms with E-state index in [9.17, 15) is 4.79 Å². The Morgan fingerprint density at radius 2 is 1.82 bits per heavy atom. The van der Waals surface area contributed by atoms with E-state index in [1.165, 1.54) is 37.1 Å². The van der Waals surface area contributed by atoms with Crippen LogP contribution in [0.1, 0.15) is 45.5 Å². The van der Waals surface area contributed by atoms with Crippen molar-refractivity contribution in [1.82, 2.24) is 4.90 Å². The van der Waals surface area contributed by atoms with Crippen molar-refractivity contribution in [2.45, 2.75) is 32.9 Å². The van der Waals surface area contributed by atoms with E-state index in [4.69, 9.17) is 4.74 Å². The number of anilines is 1. The first-order chi connectivity index (χ1) is 16.6. The lowest BCUT2D eigenvalue weighted by Gasteiger charge is -2.17. The highest BCUT2D eigenvalue weighted by Crippen LogP contribution is 2.39. The van der Waals surface area contributed by atoms with Gasteiger partial charge < -0.3 is 10.1 Å². The normalized spacial score (nSPS) is 13.9. The van der Waals surface area contributed by atoms with Crippen molar-refractivity contribution in [1.29, 1.82) is 0 Å². The van der Waals surface area contributed by atoms with Crippen LogP contribution in [0, 0.1) is 6.92 Å². The second-order valence-corrected chi connectivity index (χ2v) is 9.99. The number of carbonyl (C=O) groups excluding carboxylic acids is 1. The summed E-state index contributed by atoms with van der Waals surface area (Å²) in [4.78, 5) is 16.1. The molecule has 1 saturated heterocycles. The number of likely N-dealkylation sites (tertiary alicyclic amines) is 1. The van der Waals surface area contributed by atoms with Gasteiger partial charge in [-0.15, -0.1) is 11.3 Å². The SMILES string of the molecule is CNc1sc2cc(OCc3ccccc3)ccc2c1C(=O)c1ccc(CN2CCCC2)c(C)c1. The van der Waals surface area contributed by atoms with Crippen LogP contribution in [0.2, 0.25) is 0 Å². The maximum Gasteiger partial charge on any atom is 0.196 e. The highest BCUT2D eigenvalue weighted by molar-refractivity contribution is 7.23. The molecular formula is C29H30N2O2S. The summed E-state index contributed by atoms with van der Waals surface area (Å²) in [5.74, 6) is 0.866. The molecule has 0 radical (unpaired) electrons. The van der Waals surface area contributed by atoms with E-state index >= 15 is 0 Å². The van der Waals surface area contributed by atoms with Crippen LogP contribution in [-0.2, 0) is 13.2 Å². The summed E-state index contributed by atoms with van der Waals surface area (Å²) in [5.41, 5.74) is 5.10. The molecule has 0 saturated carbocycles. The molecule has 0 amide bonds. The number of thiophene rings is 1. The molecule has 174 valence electrons. The predicted molar refractivity (Wildman–Crippen MR) is 141 cm³/mol. The van der Waals surface area contributed by atoms with Crippen LogP contribution in [0.3, 0.4) is 0 Å². The van der Waals surface area contributed by atoms with Crippen LogP contribution in [0.5, 0.6) is 5.75 Å². The minimum absolute atomic E-state index is 0.0596. The minimum atomic E-state index is 0.0596. The summed E-state index contributed by atoms with van der Waals surface area (Å²) in [6.45, 7) is 5.94. The first-order valence-corrected chi connectivity index (χ1v) is 12.7. The van der Waals surface area contributed by atoms with Crippen LogP contribution in [0.25, 0.3) is 10.1 Å². The quantitative estimate of drug-likeness (QED) is 0.293. The monoisotopic (exact) mass is 470 g/mol. The number of ether oxygens (including phenoxy) is 1. The van der Waals surface area contributed by atoms with Gasteiger partial charge in [-0.1, -0.05) is 42.5 Å². The number of rotatable bonds is 8. The third kappa shape index (κ3) is 4.72. The van der Waals surface area contributed by atoms with E-state index in [1.54, 1.807) is 11.3 Å². The average Bonchev–Trinajstić information content (AvgIpc) is 3.51. The van der Waals surface area contributed by atoms with Crippen molar-refractivity contribution in [3.8, 4) is 5.75 Å². The van der Waals surface area contributed by atoms with E-state index < -0.39 is 0 Å². The minimum Gasteiger partial charge on any atom is -0.489 e. The number of fused-ring (bicyclic) bond motifs is 1. The van der Waals surface area contributed by atoms with E-state index in [0.29, 0.717) is 6.61 Å². The molecule has 34 heavy (non-hydrogen) atoms. The lowest BCUT2D eigenvalue weighted by atomic mass is 9.97. The molecule has 0 spiro atoms. The molecule has 1 fully saturated rings. The van der Waals surface area contributed by atoms with Gasteiger partial charge >= 0.3 is 0 Å². The van der Waals surface area contributed by atoms with Crippen molar-refractivity contribution < 1.29 is 9.53 Å². The van der Waals surface area contributed by atoms with Gasteiger partial charge in [0.05, 0.1) is 5.56 Å². The van der Waals surface area contributed by atoms with Crippen molar-refractivity contribution in [2.75, 3.05) is 25.5 Å². The molecule has 1 aliphatic heterocycles. The Bertz CT molecular complexity index is 1310. The topological polar surface area (TPSA) is 41.6 Å². The van der Waals surface area contributed by atoms with E-state index in [2.05, 4.69) is 35.3 Å². The molecule has 1 N–H and O–H groups in total. The Morgan fingerprint density at radius 1 is 1.03 bits per heavy atom. The van der Waals surface area contributed by atoms with Gasteiger partial charge in [-0.05, 0) is 73.8 Å². The van der Waals surface area contributed by atoms with Crippen molar-refractivity contribution in [2.24, 2.45) is 0 Å². The van der Waals surface area contributed by atoms with E-state index in [-0.39, 0.29) is 5.78 Å². The molecule has 1 aliphatic rings. The summed E-state index contributed by atoms with van der Waals surface area (Å²) in [7, 11) is 1.87. The molecular weight excluding hydrogens is 440 g/mol. The Labute approximate surface area is 205 Å². The average molecular weight is 471 g/mol. The molecule has 0 unspecified atom stereocenters. The summed E-state index contributed by atoms with van der Waals surface area (Å²) in [6.07, 6.45) is 2.57. The number of nitrogens with one attached hydrogen (secondary N) is 1. The third-order valence-corrected chi connectivity index (χ3v) is 7.73. The number of aryl methyl sites for hydroxylation is 1. The number of carbonyl (C=O) groups is 1. The van der Waals surface area contributed by atoms with Crippen LogP contribution in [0.15, 0.2) is 66.7 Å². The summed E-state index contributed by atoms with van der Waals surface area (Å²) < 4.78 is 7.05. The lowest BCUT2D eigenvalue weighted by molar-refractivity contribution is 0.104. The van der Waals surface area contributed by atoms with Gasteiger partial charge in [-0.3, -0.25) is 9.69 Å². The first-order valence-electron chi connectivity index (χ1n) is 11.9. The van der Waals surface area contributed by atoms with Crippen LogP contribution in [0.4, 0.5) is 5.00 Å². The fourth-order valence-corrected chi connectivity index (χ4v) is 5.73. The number of nitrogens with zero attached hydrogens (tertiary/aromatic N) is 1. The maximum atomic E-state index is 13.6. The fourth-order valence-electron chi connectivity index (χ4n) is 4.65. The van der Waals surface area contributed by atoms with Crippen LogP contribution >= 0.6 is 11.3 Å². The van der Waals surface area contributed by atoms with Gasteiger partial charge in [0.15, 0.2) is 5.78 Å². The zero-order valence-electron chi connectivity index (χ0n) is 19.8. The second kappa shape index (κ2) is 10.00. The highest BCUT2D eigenvalue weighted by Gasteiger charge is 2.21. The van der Waals surface area contributed by atoms with Gasteiger partial charge in [0.2, 0.25) is 0 Å². The lowest BCUT2D eigenvalue weighted by Crippen LogP contribution is -2.19. The molecule has 0 atom stereocenters. The zero-order valence-corrected chi connectivity index (χ0v) is 20.6. The van der Waals surface area contributed by atoms with E-state index in [0.717, 1.165) is 44.1 Å². The van der Waals surface area contributed by atoms with Gasteiger partial charge in [0, 0.05) is 29.2 Å². The Morgan fingerprint density at radius 3 is 2.56 bits per heavy atom. The molecule has 5 heteroatoms. The van der Waals surface area contributed by atoms with Crippen LogP contribution < -0.4 is 10.1 Å². The fraction of sp³-hybridized carbons (Fsp3) is 0.276. The van der Waals surface area contributed by atoms with Gasteiger partial charge in [0.25, 0.3) is 0 Å². The van der Waals surface area contributed by atoms with Crippen molar-refractivity contribution >= 4 is 32.2 Å². The Kier molecular flexibility index (Phi) is 6.66. The number of hydrogen-bond acceptors (Lipinski definition) is 5. The molecule has 4 aromatic rings. The third-order valence-electron chi connectivity index (χ3n) is 6.56. The van der Waals surface area contributed by atoms with Crippen molar-refractivity contribution in [3.05, 3.63) is 94.5 Å². The number of hydrogen-bond donors (Lipinski definition) is 1. The second-order valence-electron chi connectivity index (χ2n) is 8.94. The van der Waals surface area contributed by atoms with Gasteiger partial charge in [0.1, 0.15) is 17.4 Å². The van der Waals surface area contributed by atoms with Crippen LogP contribution in [-0.4, -0.2) is 30.8 Å². The molecule has 4 nitrogen and oxygen atoms in total. The number of benzene rings is 3. The molecule has 5 rings (SSSR count). The van der Waals surface area contributed by atoms with E-state index in [1.807, 2.05) is 55.6 Å². The van der Waals surface area contributed by atoms with Crippen molar-refractivity contribution in [3.63, 3.8) is 0 Å². The molecule has 3 aromatic carbocycles. The Hall–Kier alpha value is -3.15. The first kappa shape index (κ1) is 22.6.